The summed E-state index contributed by atoms with van der Waals surface area (Å²) in [7, 11) is 1.40. The summed E-state index contributed by atoms with van der Waals surface area (Å²) in [6.07, 6.45) is 18.8. The van der Waals surface area contributed by atoms with Crippen LogP contribution in [0.3, 0.4) is 0 Å². The average molecular weight is 363 g/mol. The Hall–Kier alpha value is -2.49. The van der Waals surface area contributed by atoms with Gasteiger partial charge in [0.2, 0.25) is 0 Å². The maximum atomic E-state index is 10.9. The van der Waals surface area contributed by atoms with Gasteiger partial charge in [0, 0.05) is 24.7 Å². The number of rotatable bonds is 3. The molecule has 1 aromatic rings. The van der Waals surface area contributed by atoms with Gasteiger partial charge >= 0.3 is 17.1 Å². The molecule has 0 aromatic heterocycles. The Morgan fingerprint density at radius 2 is 1.71 bits per heavy atom. The standard InChI is InChI=1S/C14H14N2O2.C5H6.Fe/c1-15-14(17)18-13-8-6-12(7-9-13)16-10-11-4-2-3-5-11;1-2-4-5-3-1;/h2-10,16H,1H3,(H,15,17);1-4H,5H2;/q;;+2/p-1. The first-order chi connectivity index (χ1) is 11.3. The molecule has 0 atom stereocenters. The predicted molar refractivity (Wildman–Crippen MR) is 93.3 cm³/mol. The molecule has 1 aromatic carbocycles. The van der Waals surface area contributed by atoms with Gasteiger partial charge in [-0.2, -0.15) is 0 Å². The van der Waals surface area contributed by atoms with Crippen molar-refractivity contribution >= 4 is 11.8 Å². The van der Waals surface area contributed by atoms with Crippen LogP contribution in [0.25, 0.3) is 0 Å². The number of hydrogen-bond acceptors (Lipinski definition) is 4. The van der Waals surface area contributed by atoms with E-state index < -0.39 is 6.08 Å². The molecule has 2 aliphatic carbocycles. The van der Waals surface area contributed by atoms with Gasteiger partial charge in [-0.3, -0.25) is 4.99 Å². The van der Waals surface area contributed by atoms with Gasteiger partial charge < -0.3 is 15.2 Å². The van der Waals surface area contributed by atoms with E-state index in [0.29, 0.717) is 5.75 Å². The van der Waals surface area contributed by atoms with Crippen molar-refractivity contribution in [2.45, 2.75) is 6.42 Å². The van der Waals surface area contributed by atoms with Crippen LogP contribution in [-0.2, 0) is 17.1 Å². The number of allylic oxidation sites excluding steroid dienone is 9. The second-order valence-corrected chi connectivity index (χ2v) is 4.71. The van der Waals surface area contributed by atoms with Gasteiger partial charge in [0.1, 0.15) is 6.08 Å². The minimum absolute atomic E-state index is 0. The van der Waals surface area contributed by atoms with E-state index in [1.54, 1.807) is 12.1 Å². The Balaban J connectivity index is 0.000000412. The molecule has 4 nitrogen and oxygen atoms in total. The van der Waals surface area contributed by atoms with E-state index >= 15 is 0 Å². The molecule has 24 heavy (non-hydrogen) atoms. The van der Waals surface area contributed by atoms with Crippen molar-refractivity contribution in [3.63, 3.8) is 0 Å². The maximum Gasteiger partial charge on any atom is 2.00 e. The molecule has 0 amide bonds. The molecule has 5 heteroatoms. The second kappa shape index (κ2) is 11.1. The van der Waals surface area contributed by atoms with Crippen molar-refractivity contribution < 1.29 is 26.9 Å². The van der Waals surface area contributed by atoms with Crippen LogP contribution < -0.4 is 15.2 Å². The van der Waals surface area contributed by atoms with Crippen molar-refractivity contribution in [1.82, 2.24) is 0 Å². The third-order valence-electron chi connectivity index (χ3n) is 2.99. The van der Waals surface area contributed by atoms with Crippen LogP contribution in [0.1, 0.15) is 6.42 Å². The summed E-state index contributed by atoms with van der Waals surface area (Å²) >= 11 is 0. The molecule has 3 rings (SSSR count). The van der Waals surface area contributed by atoms with E-state index in [0.717, 1.165) is 17.7 Å². The van der Waals surface area contributed by atoms with E-state index in [9.17, 15) is 5.11 Å². The molecule has 0 spiro atoms. The molecule has 0 radical (unpaired) electrons. The maximum absolute atomic E-state index is 10.9. The third kappa shape index (κ3) is 7.18. The smallest absolute Gasteiger partial charge is 0.567 e. The van der Waals surface area contributed by atoms with Crippen LogP contribution in [0.2, 0.25) is 0 Å². The minimum atomic E-state index is -0.598. The largest absolute Gasteiger partial charge is 2.00 e. The fourth-order valence-corrected chi connectivity index (χ4v) is 1.81. The van der Waals surface area contributed by atoms with Gasteiger partial charge in [-0.05, 0) is 36.3 Å². The first kappa shape index (κ1) is 19.6. The zero-order chi connectivity index (χ0) is 16.3. The first-order valence-corrected chi connectivity index (χ1v) is 7.33. The van der Waals surface area contributed by atoms with Crippen molar-refractivity contribution in [1.29, 1.82) is 0 Å². The normalized spacial score (nSPS) is 14.0. The number of aliphatic imine (C=N–C) groups is 1. The van der Waals surface area contributed by atoms with Crippen molar-refractivity contribution in [3.8, 4) is 5.75 Å². The van der Waals surface area contributed by atoms with Gasteiger partial charge in [-0.25, -0.2) is 0 Å². The molecule has 0 saturated heterocycles. The molecule has 0 unspecified atom stereocenters. The molecule has 1 N–H and O–H groups in total. The quantitative estimate of drug-likeness (QED) is 0.509. The average Bonchev–Trinajstić information content (AvgIpc) is 3.30. The van der Waals surface area contributed by atoms with Crippen molar-refractivity contribution in [3.05, 3.63) is 84.6 Å². The monoisotopic (exact) mass is 363 g/mol. The Bertz CT molecular complexity index is 660. The first-order valence-electron chi connectivity index (χ1n) is 7.33. The topological polar surface area (TPSA) is 56.7 Å². The molecular weight excluding hydrogens is 344 g/mol. The molecule has 0 bridgehead atoms. The van der Waals surface area contributed by atoms with Crippen LogP contribution in [0.4, 0.5) is 5.69 Å². The Morgan fingerprint density at radius 1 is 1.08 bits per heavy atom. The summed E-state index contributed by atoms with van der Waals surface area (Å²) in [6, 6.07) is 7.09. The molecule has 2 aliphatic rings. The summed E-state index contributed by atoms with van der Waals surface area (Å²) in [5.74, 6) is 0.476. The molecule has 0 aliphatic heterocycles. The fourth-order valence-electron chi connectivity index (χ4n) is 1.81. The zero-order valence-electron chi connectivity index (χ0n) is 13.3. The Labute approximate surface area is 153 Å². The van der Waals surface area contributed by atoms with Crippen LogP contribution in [-0.4, -0.2) is 13.1 Å². The Kier molecular flexibility index (Phi) is 9.05. The fraction of sp³-hybridized carbons (Fsp3) is 0.105. The molecule has 0 heterocycles. The van der Waals surface area contributed by atoms with Crippen LogP contribution in [0, 0.1) is 0 Å². The van der Waals surface area contributed by atoms with Gasteiger partial charge in [-0.15, -0.1) is 0 Å². The second-order valence-electron chi connectivity index (χ2n) is 4.71. The number of anilines is 1. The van der Waals surface area contributed by atoms with E-state index in [1.807, 2.05) is 42.6 Å². The molecule has 0 saturated carbocycles. The predicted octanol–water partition coefficient (Wildman–Crippen LogP) is 3.33. The third-order valence-corrected chi connectivity index (χ3v) is 2.99. The summed E-state index contributed by atoms with van der Waals surface area (Å²) in [6.45, 7) is 0. The molecule has 124 valence electrons. The molecular formula is C19H19FeN2O2+. The number of nitrogens with one attached hydrogen (secondary N) is 1. The summed E-state index contributed by atoms with van der Waals surface area (Å²) in [5, 5.41) is 14.1. The SMILES string of the molecule is C1=CCC=C1.CN=C([O-])Oc1ccc(NC=C2C=CC=C2)cc1.[Fe+2]. The van der Waals surface area contributed by atoms with E-state index in [1.165, 1.54) is 7.05 Å². The minimum Gasteiger partial charge on any atom is -0.567 e. The van der Waals surface area contributed by atoms with Gasteiger partial charge in [-0.1, -0.05) is 48.6 Å². The summed E-state index contributed by atoms with van der Waals surface area (Å²) in [5.41, 5.74) is 2.03. The van der Waals surface area contributed by atoms with Gasteiger partial charge in [0.25, 0.3) is 0 Å². The number of hydrogen-bond donors (Lipinski definition) is 1. The van der Waals surface area contributed by atoms with E-state index in [2.05, 4.69) is 34.6 Å². The van der Waals surface area contributed by atoms with Gasteiger partial charge in [0.05, 0.1) is 0 Å². The number of ether oxygens (including phenoxy) is 1. The Morgan fingerprint density at radius 3 is 2.21 bits per heavy atom. The van der Waals surface area contributed by atoms with E-state index in [4.69, 9.17) is 4.74 Å². The van der Waals surface area contributed by atoms with Gasteiger partial charge in [0.15, 0.2) is 0 Å². The summed E-state index contributed by atoms with van der Waals surface area (Å²) < 4.78 is 4.93. The zero-order valence-corrected chi connectivity index (χ0v) is 14.4. The number of benzene rings is 1. The van der Waals surface area contributed by atoms with Crippen LogP contribution in [0.5, 0.6) is 5.75 Å². The van der Waals surface area contributed by atoms with Crippen molar-refractivity contribution in [2.75, 3.05) is 12.4 Å². The summed E-state index contributed by atoms with van der Waals surface area (Å²) in [4.78, 5) is 3.39. The molecule has 0 fully saturated rings. The van der Waals surface area contributed by atoms with Crippen molar-refractivity contribution in [2.24, 2.45) is 4.99 Å². The van der Waals surface area contributed by atoms with E-state index in [-0.39, 0.29) is 17.1 Å². The van der Waals surface area contributed by atoms with Crippen LogP contribution in [0.15, 0.2) is 89.6 Å². The number of nitrogens with zero attached hydrogens (tertiary/aromatic N) is 1. The van der Waals surface area contributed by atoms with Crippen LogP contribution >= 0.6 is 0 Å².